The quantitative estimate of drug-likeness (QED) is 0.666. The number of benzene rings is 1. The van der Waals surface area contributed by atoms with Gasteiger partial charge in [-0.2, -0.15) is 0 Å². The van der Waals surface area contributed by atoms with Crippen molar-refractivity contribution in [2.45, 2.75) is 20.1 Å². The van der Waals surface area contributed by atoms with Gasteiger partial charge in [0.05, 0.1) is 10.6 Å². The van der Waals surface area contributed by atoms with Gasteiger partial charge in [-0.3, -0.25) is 15.1 Å². The van der Waals surface area contributed by atoms with Gasteiger partial charge in [-0.25, -0.2) is 0 Å². The molecule has 1 heterocycles. The third kappa shape index (κ3) is 3.30. The largest absolute Gasteiger partial charge is 0.487 e. The van der Waals surface area contributed by atoms with Gasteiger partial charge in [-0.05, 0) is 24.6 Å². The van der Waals surface area contributed by atoms with Crippen molar-refractivity contribution < 1.29 is 9.66 Å². The van der Waals surface area contributed by atoms with E-state index in [-0.39, 0.29) is 18.8 Å². The monoisotopic (exact) mass is 273 g/mol. The second kappa shape index (κ2) is 6.12. The average Bonchev–Trinajstić information content (AvgIpc) is 2.46. The van der Waals surface area contributed by atoms with Gasteiger partial charge < -0.3 is 10.5 Å². The Morgan fingerprint density at radius 2 is 2.15 bits per heavy atom. The van der Waals surface area contributed by atoms with Crippen molar-refractivity contribution in [3.63, 3.8) is 0 Å². The number of hydrogen-bond donors (Lipinski definition) is 1. The molecule has 6 heteroatoms. The lowest BCUT2D eigenvalue weighted by molar-refractivity contribution is -0.384. The molecule has 0 aliphatic carbocycles. The van der Waals surface area contributed by atoms with Crippen LogP contribution in [-0.4, -0.2) is 9.91 Å². The minimum atomic E-state index is -0.428. The van der Waals surface area contributed by atoms with Crippen molar-refractivity contribution in [2.24, 2.45) is 5.73 Å². The topological polar surface area (TPSA) is 91.3 Å². The van der Waals surface area contributed by atoms with Crippen LogP contribution in [0, 0.1) is 17.0 Å². The number of rotatable bonds is 5. The van der Waals surface area contributed by atoms with Crippen LogP contribution in [0.2, 0.25) is 0 Å². The highest BCUT2D eigenvalue weighted by Gasteiger charge is 2.08. The molecule has 20 heavy (non-hydrogen) atoms. The maximum atomic E-state index is 10.7. The number of non-ortho nitro benzene ring substituents is 1. The SMILES string of the molecule is Cc1ccc(OCc2cccc([N+](=O)[O-])c2)c(CN)n1. The van der Waals surface area contributed by atoms with Gasteiger partial charge in [0, 0.05) is 24.4 Å². The number of aryl methyl sites for hydroxylation is 1. The van der Waals surface area contributed by atoms with Crippen molar-refractivity contribution >= 4 is 5.69 Å². The standard InChI is InChI=1S/C14H15N3O3/c1-10-5-6-14(13(8-15)16-10)20-9-11-3-2-4-12(7-11)17(18)19/h2-7H,8-9,15H2,1H3. The first kappa shape index (κ1) is 14.0. The van der Waals surface area contributed by atoms with Crippen LogP contribution in [0.25, 0.3) is 0 Å². The van der Waals surface area contributed by atoms with Crippen molar-refractivity contribution in [2.75, 3.05) is 0 Å². The number of nitrogens with zero attached hydrogens (tertiary/aromatic N) is 2. The van der Waals surface area contributed by atoms with Crippen LogP contribution in [0.3, 0.4) is 0 Å². The summed E-state index contributed by atoms with van der Waals surface area (Å²) in [4.78, 5) is 14.6. The lowest BCUT2D eigenvalue weighted by atomic mass is 10.2. The molecule has 0 aliphatic heterocycles. The maximum Gasteiger partial charge on any atom is 0.269 e. The highest BCUT2D eigenvalue weighted by atomic mass is 16.6. The molecule has 1 aromatic heterocycles. The van der Waals surface area contributed by atoms with Crippen LogP contribution in [0.4, 0.5) is 5.69 Å². The zero-order valence-corrected chi connectivity index (χ0v) is 11.1. The van der Waals surface area contributed by atoms with Crippen molar-refractivity contribution in [3.05, 3.63) is 63.5 Å². The number of nitrogens with two attached hydrogens (primary N) is 1. The third-order valence-electron chi connectivity index (χ3n) is 2.78. The summed E-state index contributed by atoms with van der Waals surface area (Å²) < 4.78 is 5.64. The predicted molar refractivity (Wildman–Crippen MR) is 74.3 cm³/mol. The molecular weight excluding hydrogens is 258 g/mol. The van der Waals surface area contributed by atoms with Crippen LogP contribution in [0.5, 0.6) is 5.75 Å². The molecule has 0 radical (unpaired) electrons. The summed E-state index contributed by atoms with van der Waals surface area (Å²) >= 11 is 0. The Balaban J connectivity index is 2.12. The fraction of sp³-hybridized carbons (Fsp3) is 0.214. The molecule has 0 unspecified atom stereocenters. The summed E-state index contributed by atoms with van der Waals surface area (Å²) in [6.07, 6.45) is 0. The minimum Gasteiger partial charge on any atom is -0.487 e. The van der Waals surface area contributed by atoms with Gasteiger partial charge in [-0.15, -0.1) is 0 Å². The first-order chi connectivity index (χ1) is 9.60. The van der Waals surface area contributed by atoms with E-state index >= 15 is 0 Å². The Labute approximate surface area is 116 Å². The second-order valence-electron chi connectivity index (χ2n) is 4.32. The Morgan fingerprint density at radius 3 is 2.85 bits per heavy atom. The van der Waals surface area contributed by atoms with E-state index in [9.17, 15) is 10.1 Å². The normalized spacial score (nSPS) is 10.3. The van der Waals surface area contributed by atoms with Crippen LogP contribution in [0.1, 0.15) is 17.0 Å². The Bertz CT molecular complexity index is 629. The zero-order valence-electron chi connectivity index (χ0n) is 11.1. The van der Waals surface area contributed by atoms with Gasteiger partial charge in [0.25, 0.3) is 5.69 Å². The van der Waals surface area contributed by atoms with Gasteiger partial charge in [-0.1, -0.05) is 12.1 Å². The van der Waals surface area contributed by atoms with E-state index in [4.69, 9.17) is 10.5 Å². The number of hydrogen-bond acceptors (Lipinski definition) is 5. The molecule has 0 amide bonds. The van der Waals surface area contributed by atoms with Gasteiger partial charge in [0.2, 0.25) is 0 Å². The lowest BCUT2D eigenvalue weighted by Gasteiger charge is -2.10. The average molecular weight is 273 g/mol. The summed E-state index contributed by atoms with van der Waals surface area (Å²) in [5, 5.41) is 10.7. The number of pyridine rings is 1. The summed E-state index contributed by atoms with van der Waals surface area (Å²) in [7, 11) is 0. The van der Waals surface area contributed by atoms with E-state index in [0.29, 0.717) is 11.4 Å². The number of nitro groups is 1. The predicted octanol–water partition coefficient (Wildman–Crippen LogP) is 2.34. The van der Waals surface area contributed by atoms with E-state index in [2.05, 4.69) is 4.98 Å². The summed E-state index contributed by atoms with van der Waals surface area (Å²) in [5.74, 6) is 0.601. The smallest absolute Gasteiger partial charge is 0.269 e. The third-order valence-corrected chi connectivity index (χ3v) is 2.78. The van der Waals surface area contributed by atoms with Gasteiger partial charge >= 0.3 is 0 Å². The molecule has 1 aromatic carbocycles. The van der Waals surface area contributed by atoms with Crippen molar-refractivity contribution in [1.82, 2.24) is 4.98 Å². The molecule has 0 aliphatic rings. The van der Waals surface area contributed by atoms with Crippen LogP contribution in [0.15, 0.2) is 36.4 Å². The fourth-order valence-corrected chi connectivity index (χ4v) is 1.80. The molecule has 2 rings (SSSR count). The molecule has 2 aromatic rings. The lowest BCUT2D eigenvalue weighted by Crippen LogP contribution is -2.06. The van der Waals surface area contributed by atoms with Crippen LogP contribution >= 0.6 is 0 Å². The van der Waals surface area contributed by atoms with E-state index in [1.807, 2.05) is 19.1 Å². The Hall–Kier alpha value is -2.47. The first-order valence-corrected chi connectivity index (χ1v) is 6.13. The van der Waals surface area contributed by atoms with Gasteiger partial charge in [0.15, 0.2) is 0 Å². The molecule has 0 saturated carbocycles. The van der Waals surface area contributed by atoms with Crippen LogP contribution < -0.4 is 10.5 Å². The molecule has 0 fully saturated rings. The highest BCUT2D eigenvalue weighted by molar-refractivity contribution is 5.35. The maximum absolute atomic E-state index is 10.7. The zero-order chi connectivity index (χ0) is 14.5. The molecule has 2 N–H and O–H groups in total. The minimum absolute atomic E-state index is 0.0483. The Kier molecular flexibility index (Phi) is 4.27. The van der Waals surface area contributed by atoms with Gasteiger partial charge in [0.1, 0.15) is 12.4 Å². The number of aromatic nitrogens is 1. The molecule has 0 atom stereocenters. The summed E-state index contributed by atoms with van der Waals surface area (Å²) in [5.41, 5.74) is 7.94. The van der Waals surface area contributed by atoms with Crippen LogP contribution in [-0.2, 0) is 13.2 Å². The van der Waals surface area contributed by atoms with E-state index < -0.39 is 4.92 Å². The molecule has 0 spiro atoms. The first-order valence-electron chi connectivity index (χ1n) is 6.13. The molecule has 6 nitrogen and oxygen atoms in total. The fourth-order valence-electron chi connectivity index (χ4n) is 1.80. The van der Waals surface area contributed by atoms with E-state index in [1.54, 1.807) is 12.1 Å². The van der Waals surface area contributed by atoms with E-state index in [0.717, 1.165) is 11.3 Å². The molecule has 104 valence electrons. The number of nitro benzene ring substituents is 1. The number of ether oxygens (including phenoxy) is 1. The second-order valence-corrected chi connectivity index (χ2v) is 4.32. The molecule has 0 bridgehead atoms. The van der Waals surface area contributed by atoms with Crippen molar-refractivity contribution in [1.29, 1.82) is 0 Å². The summed E-state index contributed by atoms with van der Waals surface area (Å²) in [6, 6.07) is 9.99. The molecular formula is C14H15N3O3. The summed E-state index contributed by atoms with van der Waals surface area (Å²) in [6.45, 7) is 2.40. The Morgan fingerprint density at radius 1 is 1.35 bits per heavy atom. The van der Waals surface area contributed by atoms with E-state index in [1.165, 1.54) is 12.1 Å². The molecule has 0 saturated heterocycles. The highest BCUT2D eigenvalue weighted by Crippen LogP contribution is 2.19. The van der Waals surface area contributed by atoms with Crippen molar-refractivity contribution in [3.8, 4) is 5.75 Å².